The Morgan fingerprint density at radius 1 is 1.15 bits per heavy atom. The largest absolute Gasteiger partial charge is 0.349 e. The molecule has 3 aromatic rings. The van der Waals surface area contributed by atoms with E-state index in [4.69, 9.17) is 4.98 Å². The monoisotopic (exact) mass is 488 g/mol. The van der Waals surface area contributed by atoms with Gasteiger partial charge in [0.1, 0.15) is 0 Å². The lowest BCUT2D eigenvalue weighted by Gasteiger charge is -2.18. The number of nitrogens with one attached hydrogen (secondary N) is 1. The van der Waals surface area contributed by atoms with Crippen molar-refractivity contribution in [3.8, 4) is 0 Å². The standard InChI is InChI=1S/C24H32N4O3S2/c1-6-7-15-28-22-14-13-20(33(30,31)27(4)5)16-21(22)26-24(28)32-18(3)23(29)25-17(2)19-11-9-8-10-12-19/h8-14,16-18H,6-7,15H2,1-5H3,(H,25,29). The van der Waals surface area contributed by atoms with Gasteiger partial charge in [-0.15, -0.1) is 0 Å². The van der Waals surface area contributed by atoms with E-state index in [1.54, 1.807) is 18.2 Å². The number of thioether (sulfide) groups is 1. The molecule has 178 valence electrons. The molecular weight excluding hydrogens is 456 g/mol. The first-order chi connectivity index (χ1) is 15.6. The minimum Gasteiger partial charge on any atom is -0.349 e. The van der Waals surface area contributed by atoms with Crippen LogP contribution < -0.4 is 5.32 Å². The molecule has 0 aliphatic rings. The van der Waals surface area contributed by atoms with Gasteiger partial charge in [0.05, 0.1) is 27.2 Å². The topological polar surface area (TPSA) is 84.3 Å². The molecule has 1 heterocycles. The van der Waals surface area contributed by atoms with Gasteiger partial charge in [-0.1, -0.05) is 55.4 Å². The van der Waals surface area contributed by atoms with Crippen molar-refractivity contribution in [2.45, 2.75) is 61.5 Å². The number of nitrogens with zero attached hydrogens (tertiary/aromatic N) is 3. The molecule has 1 N–H and O–H groups in total. The predicted octanol–water partition coefficient (Wildman–Crippen LogP) is 4.44. The third-order valence-corrected chi connectivity index (χ3v) is 8.41. The maximum atomic E-state index is 12.9. The molecule has 0 aliphatic carbocycles. The van der Waals surface area contributed by atoms with Gasteiger partial charge in [0.15, 0.2) is 5.16 Å². The van der Waals surface area contributed by atoms with Crippen molar-refractivity contribution in [3.05, 3.63) is 54.1 Å². The lowest BCUT2D eigenvalue weighted by Crippen LogP contribution is -2.33. The number of imidazole rings is 1. The first-order valence-corrected chi connectivity index (χ1v) is 13.4. The highest BCUT2D eigenvalue weighted by Crippen LogP contribution is 2.30. The van der Waals surface area contributed by atoms with E-state index in [0.717, 1.165) is 30.5 Å². The highest BCUT2D eigenvalue weighted by molar-refractivity contribution is 8.00. The highest BCUT2D eigenvalue weighted by Gasteiger charge is 2.23. The van der Waals surface area contributed by atoms with Crippen molar-refractivity contribution in [2.75, 3.05) is 14.1 Å². The van der Waals surface area contributed by atoms with E-state index < -0.39 is 10.0 Å². The van der Waals surface area contributed by atoms with Crippen LogP contribution in [0.5, 0.6) is 0 Å². The van der Waals surface area contributed by atoms with Crippen LogP contribution in [0.1, 0.15) is 45.2 Å². The summed E-state index contributed by atoms with van der Waals surface area (Å²) in [7, 11) is -0.529. The number of unbranched alkanes of at least 4 members (excludes halogenated alkanes) is 1. The fourth-order valence-corrected chi connectivity index (χ4v) is 5.33. The molecule has 0 radical (unpaired) electrons. The van der Waals surface area contributed by atoms with Gasteiger partial charge in [-0.3, -0.25) is 4.79 Å². The van der Waals surface area contributed by atoms with E-state index in [1.807, 2.05) is 44.2 Å². The molecule has 2 atom stereocenters. The molecule has 0 aliphatic heterocycles. The summed E-state index contributed by atoms with van der Waals surface area (Å²) < 4.78 is 28.4. The molecule has 9 heteroatoms. The Balaban J connectivity index is 1.86. The van der Waals surface area contributed by atoms with E-state index in [1.165, 1.54) is 30.2 Å². The lowest BCUT2D eigenvalue weighted by molar-refractivity contribution is -0.120. The molecule has 0 bridgehead atoms. The molecule has 3 rings (SSSR count). The number of amides is 1. The number of aryl methyl sites for hydroxylation is 1. The van der Waals surface area contributed by atoms with Gasteiger partial charge in [0.2, 0.25) is 15.9 Å². The van der Waals surface area contributed by atoms with E-state index in [-0.39, 0.29) is 22.1 Å². The smallest absolute Gasteiger partial charge is 0.242 e. The lowest BCUT2D eigenvalue weighted by atomic mass is 10.1. The number of fused-ring (bicyclic) bond motifs is 1. The number of carbonyl (C=O) groups is 1. The second-order valence-corrected chi connectivity index (χ2v) is 11.7. The fraction of sp³-hybridized carbons (Fsp3) is 0.417. The maximum Gasteiger partial charge on any atom is 0.242 e. The second-order valence-electron chi connectivity index (χ2n) is 8.24. The van der Waals surface area contributed by atoms with Crippen LogP contribution in [0.4, 0.5) is 0 Å². The molecule has 2 unspecified atom stereocenters. The molecule has 0 saturated heterocycles. The summed E-state index contributed by atoms with van der Waals surface area (Å²) in [6, 6.07) is 14.8. The van der Waals surface area contributed by atoms with Gasteiger partial charge in [0, 0.05) is 20.6 Å². The molecule has 7 nitrogen and oxygen atoms in total. The molecular formula is C24H32N4O3S2. The molecule has 2 aromatic carbocycles. The minimum absolute atomic E-state index is 0.0682. The van der Waals surface area contributed by atoms with Crippen molar-refractivity contribution >= 4 is 38.7 Å². The molecule has 1 aromatic heterocycles. The minimum atomic E-state index is -3.55. The SMILES string of the molecule is CCCCn1c(SC(C)C(=O)NC(C)c2ccccc2)nc2cc(S(=O)(=O)N(C)C)ccc21. The Hall–Kier alpha value is -2.36. The normalized spacial score (nSPS) is 13.9. The zero-order chi connectivity index (χ0) is 24.2. The summed E-state index contributed by atoms with van der Waals surface area (Å²) >= 11 is 1.39. The highest BCUT2D eigenvalue weighted by atomic mass is 32.2. The van der Waals surface area contributed by atoms with E-state index >= 15 is 0 Å². The zero-order valence-corrected chi connectivity index (χ0v) is 21.4. The number of hydrogen-bond donors (Lipinski definition) is 1. The van der Waals surface area contributed by atoms with Gasteiger partial charge >= 0.3 is 0 Å². The van der Waals surface area contributed by atoms with E-state index in [9.17, 15) is 13.2 Å². The number of hydrogen-bond acceptors (Lipinski definition) is 5. The van der Waals surface area contributed by atoms with Gasteiger partial charge in [-0.25, -0.2) is 17.7 Å². The number of carbonyl (C=O) groups excluding carboxylic acids is 1. The Labute approximate surface area is 200 Å². The van der Waals surface area contributed by atoms with Crippen LogP contribution in [-0.2, 0) is 21.4 Å². The van der Waals surface area contributed by atoms with Crippen LogP contribution in [0.25, 0.3) is 11.0 Å². The van der Waals surface area contributed by atoms with Crippen molar-refractivity contribution in [1.29, 1.82) is 0 Å². The average Bonchev–Trinajstić information content (AvgIpc) is 3.13. The summed E-state index contributed by atoms with van der Waals surface area (Å²) in [6.45, 7) is 6.70. The summed E-state index contributed by atoms with van der Waals surface area (Å²) in [5.74, 6) is -0.0682. The molecule has 0 saturated carbocycles. The average molecular weight is 489 g/mol. The third-order valence-electron chi connectivity index (χ3n) is 5.51. The molecule has 1 amide bonds. The van der Waals surface area contributed by atoms with Crippen molar-refractivity contribution < 1.29 is 13.2 Å². The third kappa shape index (κ3) is 5.77. The number of benzene rings is 2. The van der Waals surface area contributed by atoms with Crippen LogP contribution in [-0.4, -0.2) is 47.5 Å². The van der Waals surface area contributed by atoms with Gasteiger partial charge < -0.3 is 9.88 Å². The summed E-state index contributed by atoms with van der Waals surface area (Å²) in [4.78, 5) is 17.8. The van der Waals surface area contributed by atoms with Crippen LogP contribution in [0.3, 0.4) is 0 Å². The first-order valence-electron chi connectivity index (χ1n) is 11.1. The maximum absolute atomic E-state index is 12.9. The van der Waals surface area contributed by atoms with E-state index in [2.05, 4.69) is 16.8 Å². The van der Waals surface area contributed by atoms with Crippen molar-refractivity contribution in [2.24, 2.45) is 0 Å². The van der Waals surface area contributed by atoms with Crippen LogP contribution in [0.15, 0.2) is 58.6 Å². The Bertz CT molecular complexity index is 1210. The van der Waals surface area contributed by atoms with Crippen LogP contribution in [0, 0.1) is 0 Å². The first kappa shape index (κ1) is 25.3. The summed E-state index contributed by atoms with van der Waals surface area (Å²) in [5, 5.41) is 3.43. The van der Waals surface area contributed by atoms with Crippen LogP contribution >= 0.6 is 11.8 Å². The Kier molecular flexibility index (Phi) is 8.20. The molecule has 0 fully saturated rings. The molecule has 33 heavy (non-hydrogen) atoms. The Morgan fingerprint density at radius 3 is 2.48 bits per heavy atom. The van der Waals surface area contributed by atoms with E-state index in [0.29, 0.717) is 10.7 Å². The fourth-order valence-electron chi connectivity index (χ4n) is 3.45. The Morgan fingerprint density at radius 2 is 1.85 bits per heavy atom. The summed E-state index contributed by atoms with van der Waals surface area (Å²) in [6.07, 6.45) is 1.98. The van der Waals surface area contributed by atoms with Gasteiger partial charge in [0.25, 0.3) is 0 Å². The molecule has 0 spiro atoms. The predicted molar refractivity (Wildman–Crippen MR) is 134 cm³/mol. The van der Waals surface area contributed by atoms with Crippen molar-refractivity contribution in [1.82, 2.24) is 19.2 Å². The second kappa shape index (κ2) is 10.7. The number of sulfonamides is 1. The van der Waals surface area contributed by atoms with Crippen LogP contribution in [0.2, 0.25) is 0 Å². The van der Waals surface area contributed by atoms with Gasteiger partial charge in [-0.2, -0.15) is 0 Å². The quantitative estimate of drug-likeness (QED) is 0.427. The van der Waals surface area contributed by atoms with Gasteiger partial charge in [-0.05, 0) is 44.0 Å². The number of rotatable bonds is 10. The summed E-state index contributed by atoms with van der Waals surface area (Å²) in [5.41, 5.74) is 2.53. The number of aromatic nitrogens is 2. The zero-order valence-electron chi connectivity index (χ0n) is 19.8. The van der Waals surface area contributed by atoms with Crippen molar-refractivity contribution in [3.63, 3.8) is 0 Å².